The molecular weight excluding hydrogens is 324 g/mol. The van der Waals surface area contributed by atoms with E-state index in [4.69, 9.17) is 0 Å². The van der Waals surface area contributed by atoms with E-state index in [2.05, 4.69) is 14.9 Å². The molecule has 1 saturated heterocycles. The van der Waals surface area contributed by atoms with Crippen molar-refractivity contribution >= 4 is 27.5 Å². The molecule has 128 valence electrons. The highest BCUT2D eigenvalue weighted by atomic mass is 32.1. The summed E-state index contributed by atoms with van der Waals surface area (Å²) in [7, 11) is 0. The predicted octanol–water partition coefficient (Wildman–Crippen LogP) is 2.17. The Hall–Kier alpha value is -1.73. The normalized spacial score (nSPS) is 20.3. The Morgan fingerprint density at radius 3 is 2.79 bits per heavy atom. The molecule has 1 unspecified atom stereocenters. The first kappa shape index (κ1) is 15.8. The lowest BCUT2D eigenvalue weighted by atomic mass is 10.2. The molecule has 0 bridgehead atoms. The van der Waals surface area contributed by atoms with E-state index in [-0.39, 0.29) is 17.5 Å². The van der Waals surface area contributed by atoms with Crippen molar-refractivity contribution in [2.45, 2.75) is 39.7 Å². The number of nitrogens with one attached hydrogen (secondary N) is 1. The van der Waals surface area contributed by atoms with Crippen LogP contribution in [0.2, 0.25) is 0 Å². The zero-order valence-corrected chi connectivity index (χ0v) is 15.1. The number of thiophene rings is 1. The van der Waals surface area contributed by atoms with Crippen LogP contribution in [0.15, 0.2) is 4.79 Å². The monoisotopic (exact) mass is 346 g/mol. The fourth-order valence-corrected chi connectivity index (χ4v) is 4.33. The van der Waals surface area contributed by atoms with Crippen molar-refractivity contribution in [2.24, 2.45) is 5.92 Å². The molecule has 1 atom stereocenters. The molecule has 0 spiro atoms. The number of amides is 1. The molecule has 1 saturated carbocycles. The fourth-order valence-electron chi connectivity index (χ4n) is 3.30. The Labute approximate surface area is 144 Å². The van der Waals surface area contributed by atoms with Crippen molar-refractivity contribution in [3.8, 4) is 0 Å². The third-order valence-electron chi connectivity index (χ3n) is 5.22. The molecule has 0 radical (unpaired) electrons. The molecule has 0 aromatic carbocycles. The molecule has 7 heteroatoms. The number of fused-ring (bicyclic) bond motifs is 1. The molecular formula is C17H22N4O2S. The molecule has 4 rings (SSSR count). The summed E-state index contributed by atoms with van der Waals surface area (Å²) in [5, 5.41) is 0.696. The third kappa shape index (κ3) is 2.65. The third-order valence-corrected chi connectivity index (χ3v) is 6.32. The first-order valence-corrected chi connectivity index (χ1v) is 9.27. The van der Waals surface area contributed by atoms with Gasteiger partial charge >= 0.3 is 0 Å². The number of hydrogen-bond acceptors (Lipinski definition) is 5. The number of rotatable bonds is 4. The number of H-pyrrole nitrogens is 1. The molecule has 1 aliphatic carbocycles. The minimum absolute atomic E-state index is 0.0796. The van der Waals surface area contributed by atoms with Gasteiger partial charge in [0.15, 0.2) is 0 Å². The fraction of sp³-hybridized carbons (Fsp3) is 0.588. The molecule has 3 heterocycles. The number of nitrogens with zero attached hydrogens (tertiary/aromatic N) is 3. The molecule has 2 aromatic heterocycles. The Balaban J connectivity index is 1.60. The van der Waals surface area contributed by atoms with E-state index in [1.807, 2.05) is 25.7 Å². The number of hydrogen-bond donors (Lipinski definition) is 1. The first-order chi connectivity index (χ1) is 11.4. The van der Waals surface area contributed by atoms with Crippen LogP contribution in [-0.4, -0.2) is 45.4 Å². The molecule has 6 nitrogen and oxygen atoms in total. The van der Waals surface area contributed by atoms with Crippen LogP contribution in [0.4, 0.5) is 0 Å². The number of aromatic nitrogens is 2. The molecule has 2 aliphatic rings. The zero-order valence-electron chi connectivity index (χ0n) is 14.3. The van der Waals surface area contributed by atoms with E-state index in [0.29, 0.717) is 30.3 Å². The van der Waals surface area contributed by atoms with Crippen molar-refractivity contribution in [3.63, 3.8) is 0 Å². The second-order valence-electron chi connectivity index (χ2n) is 7.04. The number of carbonyl (C=O) groups is 1. The van der Waals surface area contributed by atoms with Crippen LogP contribution >= 0.6 is 11.3 Å². The van der Waals surface area contributed by atoms with Crippen LogP contribution in [0, 0.1) is 19.8 Å². The van der Waals surface area contributed by atoms with Gasteiger partial charge in [-0.3, -0.25) is 14.5 Å². The van der Waals surface area contributed by atoms with Gasteiger partial charge in [-0.15, -0.1) is 11.3 Å². The van der Waals surface area contributed by atoms with Crippen LogP contribution in [0.25, 0.3) is 10.2 Å². The average Bonchev–Trinajstić information content (AvgIpc) is 3.21. The molecule has 1 amide bonds. The summed E-state index contributed by atoms with van der Waals surface area (Å²) < 4.78 is 0. The van der Waals surface area contributed by atoms with Gasteiger partial charge in [-0.25, -0.2) is 4.98 Å². The number of aromatic amines is 1. The van der Waals surface area contributed by atoms with Gasteiger partial charge in [0.25, 0.3) is 5.56 Å². The molecule has 2 aromatic rings. The maximum Gasteiger partial charge on any atom is 0.259 e. The van der Waals surface area contributed by atoms with E-state index < -0.39 is 0 Å². The van der Waals surface area contributed by atoms with Crippen LogP contribution < -0.4 is 5.56 Å². The summed E-state index contributed by atoms with van der Waals surface area (Å²) in [5.74, 6) is 1.52. The van der Waals surface area contributed by atoms with Gasteiger partial charge in [-0.2, -0.15) is 0 Å². The van der Waals surface area contributed by atoms with Gasteiger partial charge in [-0.05, 0) is 45.1 Å². The Morgan fingerprint density at radius 2 is 2.08 bits per heavy atom. The van der Waals surface area contributed by atoms with Gasteiger partial charge in [-0.1, -0.05) is 0 Å². The quantitative estimate of drug-likeness (QED) is 0.921. The van der Waals surface area contributed by atoms with Gasteiger partial charge < -0.3 is 9.88 Å². The number of aryl methyl sites for hydroxylation is 2. The Bertz CT molecular complexity index is 867. The lowest BCUT2D eigenvalue weighted by molar-refractivity contribution is -0.126. The van der Waals surface area contributed by atoms with Crippen LogP contribution in [-0.2, 0) is 4.79 Å². The molecule has 2 fully saturated rings. The minimum Gasteiger partial charge on any atom is -0.328 e. The topological polar surface area (TPSA) is 69.3 Å². The van der Waals surface area contributed by atoms with E-state index in [1.165, 1.54) is 12.8 Å². The van der Waals surface area contributed by atoms with Gasteiger partial charge in [0.05, 0.1) is 24.6 Å². The standard InChI is InChI=1S/C17H22N4O2S/c1-9-11(3)24-17-14(9)16(23)18-15(19-17)10(2)20-7-13(22)21(8-20)6-12-4-5-12/h10,12H,4-8H2,1-3H3,(H,18,19,23). The van der Waals surface area contributed by atoms with E-state index in [9.17, 15) is 9.59 Å². The predicted molar refractivity (Wildman–Crippen MR) is 94.1 cm³/mol. The van der Waals surface area contributed by atoms with Gasteiger partial charge in [0, 0.05) is 11.4 Å². The highest BCUT2D eigenvalue weighted by Gasteiger charge is 2.35. The second kappa shape index (κ2) is 5.67. The Kier molecular flexibility index (Phi) is 3.73. The second-order valence-corrected chi connectivity index (χ2v) is 8.24. The summed E-state index contributed by atoms with van der Waals surface area (Å²) in [6, 6.07) is -0.0852. The maximum absolute atomic E-state index is 12.5. The first-order valence-electron chi connectivity index (χ1n) is 8.45. The molecule has 1 aliphatic heterocycles. The van der Waals surface area contributed by atoms with E-state index >= 15 is 0 Å². The smallest absolute Gasteiger partial charge is 0.259 e. The number of carbonyl (C=O) groups excluding carboxylic acids is 1. The minimum atomic E-state index is -0.0852. The van der Waals surface area contributed by atoms with Crippen LogP contribution in [0.1, 0.15) is 42.1 Å². The summed E-state index contributed by atoms with van der Waals surface area (Å²) in [4.78, 5) is 38.2. The lowest BCUT2D eigenvalue weighted by Crippen LogP contribution is -2.31. The maximum atomic E-state index is 12.5. The van der Waals surface area contributed by atoms with Gasteiger partial charge in [0.1, 0.15) is 10.7 Å². The van der Waals surface area contributed by atoms with Crippen molar-refractivity contribution in [1.29, 1.82) is 0 Å². The lowest BCUT2D eigenvalue weighted by Gasteiger charge is -2.23. The van der Waals surface area contributed by atoms with Crippen molar-refractivity contribution in [2.75, 3.05) is 19.8 Å². The van der Waals surface area contributed by atoms with Crippen LogP contribution in [0.5, 0.6) is 0 Å². The highest BCUT2D eigenvalue weighted by Crippen LogP contribution is 2.32. The average molecular weight is 346 g/mol. The summed E-state index contributed by atoms with van der Waals surface area (Å²) >= 11 is 1.56. The molecule has 24 heavy (non-hydrogen) atoms. The summed E-state index contributed by atoms with van der Waals surface area (Å²) in [5.41, 5.74) is 0.930. The zero-order chi connectivity index (χ0) is 17.0. The van der Waals surface area contributed by atoms with E-state index in [0.717, 1.165) is 21.8 Å². The highest BCUT2D eigenvalue weighted by molar-refractivity contribution is 7.18. The van der Waals surface area contributed by atoms with Gasteiger partial charge in [0.2, 0.25) is 5.91 Å². The SMILES string of the molecule is Cc1sc2nc(C(C)N3CC(=O)N(CC4CC4)C3)[nH]c(=O)c2c1C. The van der Waals surface area contributed by atoms with E-state index in [1.54, 1.807) is 11.3 Å². The van der Waals surface area contributed by atoms with Crippen molar-refractivity contribution < 1.29 is 4.79 Å². The largest absolute Gasteiger partial charge is 0.328 e. The van der Waals surface area contributed by atoms with Crippen molar-refractivity contribution in [3.05, 3.63) is 26.6 Å². The van der Waals surface area contributed by atoms with Crippen molar-refractivity contribution in [1.82, 2.24) is 19.8 Å². The Morgan fingerprint density at radius 1 is 1.33 bits per heavy atom. The summed E-state index contributed by atoms with van der Waals surface area (Å²) in [6.45, 7) is 7.88. The van der Waals surface area contributed by atoms with Crippen LogP contribution in [0.3, 0.4) is 0 Å². The summed E-state index contributed by atoms with van der Waals surface area (Å²) in [6.07, 6.45) is 2.48. The molecule has 1 N–H and O–H groups in total.